The number of carbonyl (C=O) groups is 1. The van der Waals surface area contributed by atoms with Crippen LogP contribution >= 0.6 is 0 Å². The van der Waals surface area contributed by atoms with Gasteiger partial charge in [-0.25, -0.2) is 14.8 Å². The van der Waals surface area contributed by atoms with Gasteiger partial charge in [0.2, 0.25) is 0 Å². The summed E-state index contributed by atoms with van der Waals surface area (Å²) in [5.41, 5.74) is 5.26. The molecule has 0 spiro atoms. The molecule has 0 saturated carbocycles. The maximum atomic E-state index is 11.1. The second-order valence-electron chi connectivity index (χ2n) is 4.16. The number of aryl methyl sites for hydroxylation is 2. The molecular weight excluding hydrogens is 206 g/mol. The number of nitrogens with one attached hydrogen (secondary N) is 1. The summed E-state index contributed by atoms with van der Waals surface area (Å²) >= 11 is 0. The summed E-state index contributed by atoms with van der Waals surface area (Å²) in [4.78, 5) is 15.5. The van der Waals surface area contributed by atoms with Gasteiger partial charge in [0.25, 0.3) is 0 Å². The fourth-order valence-corrected chi connectivity index (χ4v) is 1.93. The van der Waals surface area contributed by atoms with E-state index in [0.29, 0.717) is 5.82 Å². The van der Waals surface area contributed by atoms with Crippen LogP contribution in [0.4, 0.5) is 5.82 Å². The Hall–Kier alpha value is -1.62. The van der Waals surface area contributed by atoms with Gasteiger partial charge in [-0.3, -0.25) is 0 Å². The van der Waals surface area contributed by atoms with Gasteiger partial charge in [0, 0.05) is 19.8 Å². The number of fused-ring (bicyclic) bond motifs is 1. The molecule has 2 rings (SSSR count). The minimum atomic E-state index is -0.938. The van der Waals surface area contributed by atoms with Crippen LogP contribution < -0.4 is 5.43 Å². The molecule has 1 aromatic rings. The zero-order valence-electron chi connectivity index (χ0n) is 9.45. The minimum Gasteiger partial charge on any atom is -0.478 e. The summed E-state index contributed by atoms with van der Waals surface area (Å²) in [7, 11) is 3.61. The molecular formula is C11H15N3O2. The topological polar surface area (TPSA) is 65.5 Å². The number of hydrogen-bond donors (Lipinski definition) is 2. The maximum Gasteiger partial charge on any atom is 0.339 e. The van der Waals surface area contributed by atoms with E-state index >= 15 is 0 Å². The molecule has 0 radical (unpaired) electrons. The molecule has 0 bridgehead atoms. The lowest BCUT2D eigenvalue weighted by Crippen LogP contribution is -2.23. The van der Waals surface area contributed by atoms with E-state index in [-0.39, 0.29) is 5.56 Å². The lowest BCUT2D eigenvalue weighted by molar-refractivity contribution is 0.0697. The monoisotopic (exact) mass is 221 g/mol. The third-order valence-corrected chi connectivity index (χ3v) is 2.61. The first-order chi connectivity index (χ1) is 7.58. The first kappa shape index (κ1) is 10.9. The van der Waals surface area contributed by atoms with E-state index in [2.05, 4.69) is 10.4 Å². The van der Waals surface area contributed by atoms with E-state index in [0.717, 1.165) is 30.5 Å². The Morgan fingerprint density at radius 2 is 2.25 bits per heavy atom. The van der Waals surface area contributed by atoms with Crippen molar-refractivity contribution in [3.63, 3.8) is 0 Å². The van der Waals surface area contributed by atoms with Gasteiger partial charge in [0.05, 0.1) is 0 Å². The minimum absolute atomic E-state index is 0.245. The Morgan fingerprint density at radius 3 is 2.88 bits per heavy atom. The Labute approximate surface area is 94.1 Å². The maximum absolute atomic E-state index is 11.1. The van der Waals surface area contributed by atoms with Crippen molar-refractivity contribution in [2.45, 2.75) is 19.3 Å². The largest absolute Gasteiger partial charge is 0.478 e. The van der Waals surface area contributed by atoms with Gasteiger partial charge >= 0.3 is 5.97 Å². The molecule has 5 nitrogen and oxygen atoms in total. The highest BCUT2D eigenvalue weighted by Crippen LogP contribution is 2.25. The molecule has 5 heteroatoms. The van der Waals surface area contributed by atoms with Crippen LogP contribution in [0.2, 0.25) is 0 Å². The predicted octanol–water partition coefficient (Wildman–Crippen LogP) is 1.16. The number of carboxylic acid groups (broad SMARTS) is 1. The van der Waals surface area contributed by atoms with Gasteiger partial charge < -0.3 is 10.5 Å². The fourth-order valence-electron chi connectivity index (χ4n) is 1.93. The molecule has 0 atom stereocenters. The van der Waals surface area contributed by atoms with E-state index in [9.17, 15) is 4.79 Å². The molecule has 0 aromatic carbocycles. The molecule has 0 fully saturated rings. The fraction of sp³-hybridized carbons (Fsp3) is 0.455. The number of anilines is 1. The van der Waals surface area contributed by atoms with Crippen LogP contribution in [0.5, 0.6) is 0 Å². The number of aromatic nitrogens is 1. The number of hydrogen-bond acceptors (Lipinski definition) is 4. The number of carboxylic acids is 1. The van der Waals surface area contributed by atoms with Gasteiger partial charge in [-0.15, -0.1) is 0 Å². The van der Waals surface area contributed by atoms with Crippen molar-refractivity contribution in [1.29, 1.82) is 0 Å². The SMILES string of the molecule is CN(C)Nc1nc2c(cc1C(=O)O)CCC2. The number of nitrogens with zero attached hydrogens (tertiary/aromatic N) is 2. The number of aromatic carboxylic acids is 1. The Morgan fingerprint density at radius 1 is 1.50 bits per heavy atom. The second kappa shape index (κ2) is 4.09. The quantitative estimate of drug-likeness (QED) is 0.750. The van der Waals surface area contributed by atoms with Gasteiger partial charge in [0.15, 0.2) is 5.82 Å². The predicted molar refractivity (Wildman–Crippen MR) is 60.5 cm³/mol. The van der Waals surface area contributed by atoms with Crippen molar-refractivity contribution < 1.29 is 9.90 Å². The highest BCUT2D eigenvalue weighted by atomic mass is 16.4. The molecule has 0 amide bonds. The average molecular weight is 221 g/mol. The van der Waals surface area contributed by atoms with Crippen molar-refractivity contribution >= 4 is 11.8 Å². The van der Waals surface area contributed by atoms with Gasteiger partial charge in [0.1, 0.15) is 5.56 Å². The molecule has 1 aliphatic carbocycles. The number of rotatable bonds is 3. The normalized spacial score (nSPS) is 13.9. The summed E-state index contributed by atoms with van der Waals surface area (Å²) < 4.78 is 0. The lowest BCUT2D eigenvalue weighted by Gasteiger charge is -2.15. The van der Waals surface area contributed by atoms with Gasteiger partial charge in [-0.05, 0) is 30.9 Å². The van der Waals surface area contributed by atoms with Crippen LogP contribution in [0.1, 0.15) is 28.0 Å². The standard InChI is InChI=1S/C11H15N3O2/c1-14(2)13-10-8(11(15)16)6-7-4-3-5-9(7)12-10/h6H,3-5H2,1-2H3,(H,12,13)(H,15,16). The van der Waals surface area contributed by atoms with Crippen LogP contribution in [0, 0.1) is 0 Å². The third-order valence-electron chi connectivity index (χ3n) is 2.61. The highest BCUT2D eigenvalue weighted by Gasteiger charge is 2.19. The van der Waals surface area contributed by atoms with E-state index in [1.807, 2.05) is 0 Å². The van der Waals surface area contributed by atoms with Crippen molar-refractivity contribution in [3.05, 3.63) is 22.9 Å². The molecule has 0 saturated heterocycles. The van der Waals surface area contributed by atoms with Crippen molar-refractivity contribution in [1.82, 2.24) is 9.99 Å². The van der Waals surface area contributed by atoms with Crippen molar-refractivity contribution in [2.24, 2.45) is 0 Å². The van der Waals surface area contributed by atoms with E-state index in [1.54, 1.807) is 25.2 Å². The average Bonchev–Trinajstić information content (AvgIpc) is 2.62. The lowest BCUT2D eigenvalue weighted by atomic mass is 10.1. The van der Waals surface area contributed by atoms with Crippen LogP contribution in [0.3, 0.4) is 0 Å². The molecule has 0 aliphatic heterocycles. The van der Waals surface area contributed by atoms with Crippen LogP contribution in [0.25, 0.3) is 0 Å². The Bertz CT molecular complexity index is 429. The van der Waals surface area contributed by atoms with E-state index in [4.69, 9.17) is 5.11 Å². The molecule has 2 N–H and O–H groups in total. The Balaban J connectivity index is 2.44. The summed E-state index contributed by atoms with van der Waals surface area (Å²) in [6, 6.07) is 1.74. The molecule has 0 unspecified atom stereocenters. The molecule has 1 aliphatic rings. The third kappa shape index (κ3) is 1.99. The van der Waals surface area contributed by atoms with Crippen LogP contribution in [-0.4, -0.2) is 35.2 Å². The smallest absolute Gasteiger partial charge is 0.339 e. The number of pyridine rings is 1. The van der Waals surface area contributed by atoms with Crippen molar-refractivity contribution in [3.8, 4) is 0 Å². The number of hydrazine groups is 1. The van der Waals surface area contributed by atoms with E-state index in [1.165, 1.54) is 0 Å². The summed E-state index contributed by atoms with van der Waals surface area (Å²) in [5.74, 6) is -0.510. The zero-order valence-corrected chi connectivity index (χ0v) is 9.45. The van der Waals surface area contributed by atoms with Crippen LogP contribution in [-0.2, 0) is 12.8 Å². The van der Waals surface area contributed by atoms with Crippen molar-refractivity contribution in [2.75, 3.05) is 19.5 Å². The molecule has 1 aromatic heterocycles. The second-order valence-corrected chi connectivity index (χ2v) is 4.16. The van der Waals surface area contributed by atoms with Crippen LogP contribution in [0.15, 0.2) is 6.07 Å². The molecule has 16 heavy (non-hydrogen) atoms. The first-order valence-electron chi connectivity index (χ1n) is 5.28. The van der Waals surface area contributed by atoms with Gasteiger partial charge in [-0.1, -0.05) is 0 Å². The highest BCUT2D eigenvalue weighted by molar-refractivity contribution is 5.93. The summed E-state index contributed by atoms with van der Waals surface area (Å²) in [6.07, 6.45) is 2.94. The van der Waals surface area contributed by atoms with E-state index < -0.39 is 5.97 Å². The zero-order chi connectivity index (χ0) is 11.7. The first-order valence-corrected chi connectivity index (χ1v) is 5.28. The Kier molecular flexibility index (Phi) is 2.78. The summed E-state index contributed by atoms with van der Waals surface area (Å²) in [5, 5.41) is 10.8. The van der Waals surface area contributed by atoms with Gasteiger partial charge in [-0.2, -0.15) is 0 Å². The summed E-state index contributed by atoms with van der Waals surface area (Å²) in [6.45, 7) is 0. The molecule has 1 heterocycles. The molecule has 86 valence electrons.